The summed E-state index contributed by atoms with van der Waals surface area (Å²) in [4.78, 5) is 26.3. The van der Waals surface area contributed by atoms with Gasteiger partial charge >= 0.3 is 5.97 Å². The zero-order valence-electron chi connectivity index (χ0n) is 14.7. The zero-order chi connectivity index (χ0) is 19.4. The van der Waals surface area contributed by atoms with Crippen LogP contribution >= 0.6 is 0 Å². The van der Waals surface area contributed by atoms with Crippen molar-refractivity contribution < 1.29 is 22.7 Å². The van der Waals surface area contributed by atoms with Crippen LogP contribution in [-0.2, 0) is 19.4 Å². The van der Waals surface area contributed by atoms with Gasteiger partial charge in [0.05, 0.1) is 17.4 Å². The van der Waals surface area contributed by atoms with Crippen LogP contribution in [0.1, 0.15) is 15.9 Å². The number of rotatable bonds is 5. The highest BCUT2D eigenvalue weighted by Crippen LogP contribution is 2.23. The summed E-state index contributed by atoms with van der Waals surface area (Å²) < 4.78 is 28.7. The number of para-hydroxylation sites is 1. The molecule has 0 fully saturated rings. The molecule has 7 heteroatoms. The smallest absolute Gasteiger partial charge is 0.338 e. The third-order valence-corrected chi connectivity index (χ3v) is 5.50. The lowest BCUT2D eigenvalue weighted by atomic mass is 10.1. The molecule has 0 saturated carbocycles. The predicted octanol–water partition coefficient (Wildman–Crippen LogP) is 2.50. The van der Waals surface area contributed by atoms with Crippen molar-refractivity contribution in [3.05, 3.63) is 77.2 Å². The first-order valence-corrected chi connectivity index (χ1v) is 10.1. The molecule has 0 spiro atoms. The Labute approximate surface area is 158 Å². The van der Waals surface area contributed by atoms with Crippen LogP contribution in [0.5, 0.6) is 0 Å². The number of benzene rings is 2. The molecule has 0 unspecified atom stereocenters. The molecule has 2 aromatic rings. The number of anilines is 1. The monoisotopic (exact) mass is 385 g/mol. The lowest BCUT2D eigenvalue weighted by Gasteiger charge is -2.27. The van der Waals surface area contributed by atoms with E-state index in [1.165, 1.54) is 11.0 Å². The molecular formula is C20H19NO5S. The van der Waals surface area contributed by atoms with Crippen molar-refractivity contribution in [3.8, 4) is 0 Å². The van der Waals surface area contributed by atoms with Crippen molar-refractivity contribution in [1.82, 2.24) is 0 Å². The minimum absolute atomic E-state index is 0.195. The number of esters is 1. The van der Waals surface area contributed by atoms with Crippen LogP contribution < -0.4 is 4.90 Å². The Balaban J connectivity index is 1.76. The lowest BCUT2D eigenvalue weighted by molar-refractivity contribution is -0.121. The number of hydrogen-bond donors (Lipinski definition) is 0. The molecule has 3 rings (SSSR count). The third-order valence-electron chi connectivity index (χ3n) is 4.13. The number of amides is 1. The maximum absolute atomic E-state index is 12.8. The lowest BCUT2D eigenvalue weighted by Crippen LogP contribution is -2.43. The Kier molecular flexibility index (Phi) is 5.41. The summed E-state index contributed by atoms with van der Waals surface area (Å²) in [5.41, 5.74) is 1.81. The van der Waals surface area contributed by atoms with Gasteiger partial charge in [0.2, 0.25) is 0 Å². The molecule has 140 valence electrons. The molecule has 6 nitrogen and oxygen atoms in total. The Morgan fingerprint density at radius 3 is 2.48 bits per heavy atom. The van der Waals surface area contributed by atoms with Gasteiger partial charge in [-0.05, 0) is 37.3 Å². The fourth-order valence-corrected chi connectivity index (χ4v) is 4.15. The zero-order valence-corrected chi connectivity index (χ0v) is 15.6. The van der Waals surface area contributed by atoms with Crippen LogP contribution in [0.25, 0.3) is 0 Å². The summed E-state index contributed by atoms with van der Waals surface area (Å²) in [6.45, 7) is 1.37. The van der Waals surface area contributed by atoms with E-state index in [1.54, 1.807) is 48.5 Å². The van der Waals surface area contributed by atoms with Crippen molar-refractivity contribution in [3.63, 3.8) is 0 Å². The third kappa shape index (κ3) is 4.62. The van der Waals surface area contributed by atoms with Gasteiger partial charge in [-0.1, -0.05) is 35.9 Å². The maximum Gasteiger partial charge on any atom is 0.338 e. The van der Waals surface area contributed by atoms with Crippen LogP contribution in [0, 0.1) is 6.92 Å². The summed E-state index contributed by atoms with van der Waals surface area (Å²) in [5, 5.41) is 1.11. The molecule has 27 heavy (non-hydrogen) atoms. The van der Waals surface area contributed by atoms with E-state index in [1.807, 2.05) is 13.0 Å². The SMILES string of the molecule is Cc1cccc(C(=O)OCC(=O)N(c2ccccc2)[C@H]2C=CS(=O)(=O)C2)c1. The van der Waals surface area contributed by atoms with Crippen LogP contribution in [0.3, 0.4) is 0 Å². The summed E-state index contributed by atoms with van der Waals surface area (Å²) in [6, 6.07) is 15.0. The number of nitrogens with zero attached hydrogens (tertiary/aromatic N) is 1. The first-order valence-electron chi connectivity index (χ1n) is 8.37. The van der Waals surface area contributed by atoms with E-state index in [2.05, 4.69) is 0 Å². The fraction of sp³-hybridized carbons (Fsp3) is 0.200. The Morgan fingerprint density at radius 2 is 1.85 bits per heavy atom. The van der Waals surface area contributed by atoms with E-state index >= 15 is 0 Å². The summed E-state index contributed by atoms with van der Waals surface area (Å²) in [5.74, 6) is -1.29. The molecule has 0 aliphatic carbocycles. The van der Waals surface area contributed by atoms with Crippen molar-refractivity contribution in [2.24, 2.45) is 0 Å². The van der Waals surface area contributed by atoms with Gasteiger partial charge in [-0.15, -0.1) is 0 Å². The van der Waals surface area contributed by atoms with Gasteiger partial charge in [-0.2, -0.15) is 0 Å². The van der Waals surface area contributed by atoms with Gasteiger partial charge in [0.15, 0.2) is 16.4 Å². The molecule has 1 aliphatic rings. The van der Waals surface area contributed by atoms with E-state index < -0.39 is 34.4 Å². The average Bonchev–Trinajstić information content (AvgIpc) is 3.00. The van der Waals surface area contributed by atoms with E-state index in [0.717, 1.165) is 11.0 Å². The first-order chi connectivity index (χ1) is 12.9. The molecule has 1 heterocycles. The van der Waals surface area contributed by atoms with Crippen molar-refractivity contribution in [2.45, 2.75) is 13.0 Å². The topological polar surface area (TPSA) is 80.8 Å². The van der Waals surface area contributed by atoms with E-state index in [4.69, 9.17) is 4.74 Å². The summed E-state index contributed by atoms with van der Waals surface area (Å²) in [6.07, 6.45) is 1.47. The molecule has 2 aromatic carbocycles. The Hall–Kier alpha value is -2.93. The van der Waals surface area contributed by atoms with E-state index in [0.29, 0.717) is 11.3 Å². The van der Waals surface area contributed by atoms with E-state index in [9.17, 15) is 18.0 Å². The molecule has 0 aromatic heterocycles. The first kappa shape index (κ1) is 18.8. The van der Waals surface area contributed by atoms with Gasteiger partial charge in [0.1, 0.15) is 0 Å². The van der Waals surface area contributed by atoms with Gasteiger partial charge in [-0.25, -0.2) is 13.2 Å². The van der Waals surface area contributed by atoms with Crippen LogP contribution in [-0.4, -0.2) is 38.7 Å². The van der Waals surface area contributed by atoms with E-state index in [-0.39, 0.29) is 5.75 Å². The molecule has 0 N–H and O–H groups in total. The highest BCUT2D eigenvalue weighted by molar-refractivity contribution is 7.94. The van der Waals surface area contributed by atoms with Crippen molar-refractivity contribution >= 4 is 27.4 Å². The van der Waals surface area contributed by atoms with Gasteiger partial charge in [-0.3, -0.25) is 4.79 Å². The fourth-order valence-electron chi connectivity index (χ4n) is 2.88. The number of sulfone groups is 1. The maximum atomic E-state index is 12.8. The van der Waals surface area contributed by atoms with Gasteiger partial charge < -0.3 is 9.64 Å². The van der Waals surface area contributed by atoms with Crippen molar-refractivity contribution in [2.75, 3.05) is 17.3 Å². The normalized spacial score (nSPS) is 17.4. The Morgan fingerprint density at radius 1 is 1.11 bits per heavy atom. The molecular weight excluding hydrogens is 366 g/mol. The second kappa shape index (κ2) is 7.75. The standard InChI is InChI=1S/C20H19NO5S/c1-15-6-5-7-16(12-15)20(23)26-13-19(22)21(17-8-3-2-4-9-17)18-10-11-27(24,25)14-18/h2-12,18H,13-14H2,1H3/t18-/m0/s1. The summed E-state index contributed by atoms with van der Waals surface area (Å²) >= 11 is 0. The van der Waals surface area contributed by atoms with Crippen molar-refractivity contribution in [1.29, 1.82) is 0 Å². The molecule has 1 amide bonds. The highest BCUT2D eigenvalue weighted by Gasteiger charge is 2.31. The molecule has 0 radical (unpaired) electrons. The number of ether oxygens (including phenoxy) is 1. The van der Waals surface area contributed by atoms with Gasteiger partial charge in [0.25, 0.3) is 5.91 Å². The molecule has 0 saturated heterocycles. The summed E-state index contributed by atoms with van der Waals surface area (Å²) in [7, 11) is -3.34. The van der Waals surface area contributed by atoms with Gasteiger partial charge in [0, 0.05) is 11.1 Å². The number of aryl methyl sites for hydroxylation is 1. The predicted molar refractivity (Wildman–Crippen MR) is 102 cm³/mol. The average molecular weight is 385 g/mol. The number of hydrogen-bond acceptors (Lipinski definition) is 5. The second-order valence-electron chi connectivity index (χ2n) is 6.27. The molecule has 1 atom stereocenters. The largest absolute Gasteiger partial charge is 0.452 e. The van der Waals surface area contributed by atoms with Crippen LogP contribution in [0.15, 0.2) is 66.1 Å². The minimum Gasteiger partial charge on any atom is -0.452 e. The minimum atomic E-state index is -3.34. The Bertz CT molecular complexity index is 982. The van der Waals surface area contributed by atoms with Crippen LogP contribution in [0.2, 0.25) is 0 Å². The molecule has 1 aliphatic heterocycles. The van der Waals surface area contributed by atoms with Crippen LogP contribution in [0.4, 0.5) is 5.69 Å². The highest BCUT2D eigenvalue weighted by atomic mass is 32.2. The number of carbonyl (C=O) groups excluding carboxylic acids is 2. The molecule has 0 bridgehead atoms. The quantitative estimate of drug-likeness (QED) is 0.739. The second-order valence-corrected chi connectivity index (χ2v) is 8.20. The number of carbonyl (C=O) groups is 2.